The van der Waals surface area contributed by atoms with E-state index in [9.17, 15) is 4.79 Å². The van der Waals surface area contributed by atoms with E-state index in [2.05, 4.69) is 6.92 Å². The van der Waals surface area contributed by atoms with Crippen LogP contribution in [0.1, 0.15) is 42.4 Å². The summed E-state index contributed by atoms with van der Waals surface area (Å²) in [6, 6.07) is 0. The summed E-state index contributed by atoms with van der Waals surface area (Å²) in [5.41, 5.74) is 0. The first kappa shape index (κ1) is 21.6. The van der Waals surface area contributed by atoms with Gasteiger partial charge >= 0.3 is 63.5 Å². The van der Waals surface area contributed by atoms with Crippen molar-refractivity contribution in [1.82, 2.24) is 0 Å². The van der Waals surface area contributed by atoms with E-state index in [-0.39, 0.29) is 57.7 Å². The van der Waals surface area contributed by atoms with E-state index < -0.39 is 14.6 Å². The van der Waals surface area contributed by atoms with E-state index in [1.807, 2.05) is 6.92 Å². The molecule has 0 aliphatic heterocycles. The Hall–Kier alpha value is 1.35. The third kappa shape index (κ3) is 21.2. The van der Waals surface area contributed by atoms with Gasteiger partial charge in [0.15, 0.2) is 0 Å². The molecule has 0 fully saturated rings. The molecule has 0 aromatic rings. The number of aliphatic carboxylic acids is 1. The van der Waals surface area contributed by atoms with Crippen molar-refractivity contribution in [3.8, 4) is 0 Å². The summed E-state index contributed by atoms with van der Waals surface area (Å²) < 4.78 is 0. The summed E-state index contributed by atoms with van der Waals surface area (Å²) in [6.45, 7) is 4.00. The van der Waals surface area contributed by atoms with E-state index in [1.54, 1.807) is 0 Å². The molecular formula is C8H21BaO5P. The molecule has 5 nitrogen and oxygen atoms in total. The van der Waals surface area contributed by atoms with Gasteiger partial charge in [0.1, 0.15) is 0 Å². The summed E-state index contributed by atoms with van der Waals surface area (Å²) in [5, 5.41) is 8.60. The molecule has 0 amide bonds. The van der Waals surface area contributed by atoms with E-state index in [4.69, 9.17) is 19.8 Å². The number of carboxylic acid groups (broad SMARTS) is 1. The zero-order valence-corrected chi connectivity index (χ0v) is 14.6. The molecule has 0 spiro atoms. The van der Waals surface area contributed by atoms with Crippen molar-refractivity contribution in [2.24, 2.45) is 5.92 Å². The minimum atomic E-state index is -2.62. The topological polar surface area (TPSA) is 98.0 Å². The molecule has 0 aliphatic rings. The molecule has 0 rings (SSSR count). The SMILES string of the molecule is CCCCC(CC)C(=O)O.OP(O)O.[Ba+2].[H-].[H-]. The molecule has 15 heavy (non-hydrogen) atoms. The number of unbranched alkanes of at least 4 members (excludes halogenated alkanes) is 1. The molecule has 0 saturated carbocycles. The first-order valence-electron chi connectivity index (χ1n) is 4.55. The van der Waals surface area contributed by atoms with Crippen LogP contribution >= 0.6 is 8.60 Å². The molecule has 1 unspecified atom stereocenters. The third-order valence-corrected chi connectivity index (χ3v) is 1.75. The molecule has 0 heterocycles. The smallest absolute Gasteiger partial charge is 1.00 e. The van der Waals surface area contributed by atoms with Gasteiger partial charge in [-0.3, -0.25) is 4.79 Å². The Bertz CT molecular complexity index is 151. The van der Waals surface area contributed by atoms with Crippen LogP contribution in [-0.4, -0.2) is 74.6 Å². The molecule has 1 atom stereocenters. The van der Waals surface area contributed by atoms with Gasteiger partial charge < -0.3 is 22.6 Å². The number of rotatable bonds is 5. The predicted molar refractivity (Wildman–Crippen MR) is 62.5 cm³/mol. The van der Waals surface area contributed by atoms with Crippen LogP contribution in [0, 0.1) is 5.92 Å². The fraction of sp³-hybridized carbons (Fsp3) is 0.875. The van der Waals surface area contributed by atoms with Gasteiger partial charge in [0.2, 0.25) is 0 Å². The zero-order chi connectivity index (χ0) is 11.6. The maximum absolute atomic E-state index is 10.4. The van der Waals surface area contributed by atoms with Crippen LogP contribution in [0.2, 0.25) is 0 Å². The van der Waals surface area contributed by atoms with Gasteiger partial charge in [0, 0.05) is 0 Å². The predicted octanol–water partition coefficient (Wildman–Crippen LogP) is 1.32. The van der Waals surface area contributed by atoms with Crippen molar-refractivity contribution < 1.29 is 27.4 Å². The number of carbonyl (C=O) groups is 1. The molecule has 0 aromatic heterocycles. The number of hydrogen-bond donors (Lipinski definition) is 4. The second-order valence-corrected chi connectivity index (χ2v) is 3.39. The second kappa shape index (κ2) is 15.4. The van der Waals surface area contributed by atoms with Gasteiger partial charge in [-0.1, -0.05) is 26.7 Å². The van der Waals surface area contributed by atoms with Gasteiger partial charge in [-0.05, 0) is 12.8 Å². The number of carboxylic acids is 1. The average molecular weight is 366 g/mol. The van der Waals surface area contributed by atoms with E-state index in [1.165, 1.54) is 0 Å². The van der Waals surface area contributed by atoms with Crippen molar-refractivity contribution in [2.45, 2.75) is 39.5 Å². The first-order valence-corrected chi connectivity index (χ1v) is 5.75. The molecule has 7 heteroatoms. The van der Waals surface area contributed by atoms with Crippen LogP contribution in [-0.2, 0) is 4.79 Å². The van der Waals surface area contributed by atoms with E-state index in [0.717, 1.165) is 25.7 Å². The van der Waals surface area contributed by atoms with Crippen molar-refractivity contribution in [3.63, 3.8) is 0 Å². The first-order chi connectivity index (χ1) is 6.45. The van der Waals surface area contributed by atoms with E-state index >= 15 is 0 Å². The van der Waals surface area contributed by atoms with Crippen LogP contribution < -0.4 is 0 Å². The summed E-state index contributed by atoms with van der Waals surface area (Å²) in [4.78, 5) is 32.1. The maximum atomic E-state index is 10.4. The standard InChI is InChI=1S/C8H16O2.Ba.H3O3P.2H/c1-3-5-6-7(4-2)8(9)10;;1-4(2)3;;/h7H,3-6H2,1-2H3,(H,9,10);;1-3H;;/q;+2;;2*-1. The van der Waals surface area contributed by atoms with Crippen LogP contribution in [0.25, 0.3) is 0 Å². The summed E-state index contributed by atoms with van der Waals surface area (Å²) >= 11 is 0. The average Bonchev–Trinajstić information content (AvgIpc) is 2.04. The Morgan fingerprint density at radius 3 is 1.93 bits per heavy atom. The molecule has 4 N–H and O–H groups in total. The van der Waals surface area contributed by atoms with Crippen molar-refractivity contribution in [2.75, 3.05) is 0 Å². The van der Waals surface area contributed by atoms with Gasteiger partial charge in [-0.25, -0.2) is 0 Å². The summed E-state index contributed by atoms with van der Waals surface area (Å²) in [5.74, 6) is -0.754. The Balaban J connectivity index is -0.0000000607. The van der Waals surface area contributed by atoms with Crippen molar-refractivity contribution in [1.29, 1.82) is 0 Å². The minimum Gasteiger partial charge on any atom is -1.00 e. The molecule has 0 aliphatic carbocycles. The van der Waals surface area contributed by atoms with E-state index in [0.29, 0.717) is 0 Å². The minimum absolute atomic E-state index is 0. The normalized spacial score (nSPS) is 11.1. The molecule has 90 valence electrons. The monoisotopic (exact) mass is 366 g/mol. The largest absolute Gasteiger partial charge is 2.00 e. The van der Waals surface area contributed by atoms with Crippen LogP contribution in [0.3, 0.4) is 0 Å². The summed E-state index contributed by atoms with van der Waals surface area (Å²) in [6.07, 6.45) is 3.71. The molecule has 0 radical (unpaired) electrons. The third-order valence-electron chi connectivity index (χ3n) is 1.75. The van der Waals surface area contributed by atoms with Crippen molar-refractivity contribution >= 4 is 63.5 Å². The summed E-state index contributed by atoms with van der Waals surface area (Å²) in [7, 11) is -2.62. The molecule has 0 saturated heterocycles. The second-order valence-electron chi connectivity index (χ2n) is 2.85. The zero-order valence-electron chi connectivity index (χ0n) is 11.3. The molecular weight excluding hydrogens is 344 g/mol. The Kier molecular flexibility index (Phi) is 22.1. The van der Waals surface area contributed by atoms with Gasteiger partial charge in [0.05, 0.1) is 5.92 Å². The van der Waals surface area contributed by atoms with Gasteiger partial charge in [-0.2, -0.15) is 0 Å². The quantitative estimate of drug-likeness (QED) is 0.435. The van der Waals surface area contributed by atoms with Gasteiger partial charge in [-0.15, -0.1) is 0 Å². The fourth-order valence-electron chi connectivity index (χ4n) is 0.953. The van der Waals surface area contributed by atoms with Crippen LogP contribution in [0.4, 0.5) is 0 Å². The van der Waals surface area contributed by atoms with Crippen LogP contribution in [0.5, 0.6) is 0 Å². The Morgan fingerprint density at radius 1 is 1.33 bits per heavy atom. The molecule has 0 bridgehead atoms. The van der Waals surface area contributed by atoms with Gasteiger partial charge in [0.25, 0.3) is 0 Å². The van der Waals surface area contributed by atoms with Crippen LogP contribution in [0.15, 0.2) is 0 Å². The Morgan fingerprint density at radius 2 is 1.73 bits per heavy atom. The van der Waals surface area contributed by atoms with Crippen molar-refractivity contribution in [3.05, 3.63) is 0 Å². The fourth-order valence-corrected chi connectivity index (χ4v) is 0.953. The molecule has 0 aromatic carbocycles. The number of hydrogen-bond acceptors (Lipinski definition) is 4. The maximum Gasteiger partial charge on any atom is 2.00 e. The Labute approximate surface area is 135 Å².